The molecule has 4 rings (SSSR count). The van der Waals surface area contributed by atoms with Crippen molar-refractivity contribution in [2.75, 3.05) is 26.7 Å². The lowest BCUT2D eigenvalue weighted by molar-refractivity contribution is 0.0479. The highest BCUT2D eigenvalue weighted by Gasteiger charge is 2.40. The van der Waals surface area contributed by atoms with Crippen molar-refractivity contribution in [1.29, 1.82) is 0 Å². The zero-order chi connectivity index (χ0) is 19.4. The molecule has 2 atom stereocenters. The maximum absolute atomic E-state index is 6.12. The van der Waals surface area contributed by atoms with Crippen LogP contribution in [0.3, 0.4) is 0 Å². The smallest absolute Gasteiger partial charge is 0.0824 e. The fourth-order valence-corrected chi connectivity index (χ4v) is 5.33. The number of hydrogen-bond donors (Lipinski definition) is 0. The standard InChI is InChI=1S/C25H32ClNO/c1-28-24(21-8-3-2-4-9-21)17-20-7-5-16-27(18-20)19-25(14-6-15-25)22-10-12-23(26)13-11-22/h2-4,8-13,20,24H,5-7,14-19H2,1H3/t20-,24?/m1/s1. The van der Waals surface area contributed by atoms with Crippen LogP contribution >= 0.6 is 11.6 Å². The highest BCUT2D eigenvalue weighted by Crippen LogP contribution is 2.45. The molecule has 1 unspecified atom stereocenters. The molecule has 2 aromatic rings. The molecule has 150 valence electrons. The lowest BCUT2D eigenvalue weighted by atomic mass is 9.64. The number of nitrogens with zero attached hydrogens (tertiary/aromatic N) is 1. The van der Waals surface area contributed by atoms with Gasteiger partial charge in [0.1, 0.15) is 0 Å². The van der Waals surface area contributed by atoms with E-state index in [-0.39, 0.29) is 6.10 Å². The first kappa shape index (κ1) is 19.9. The fourth-order valence-electron chi connectivity index (χ4n) is 5.20. The van der Waals surface area contributed by atoms with Crippen LogP contribution < -0.4 is 0 Å². The van der Waals surface area contributed by atoms with Crippen molar-refractivity contribution < 1.29 is 4.74 Å². The number of rotatable bonds is 7. The monoisotopic (exact) mass is 397 g/mol. The zero-order valence-corrected chi connectivity index (χ0v) is 17.7. The molecule has 1 aliphatic carbocycles. The van der Waals surface area contributed by atoms with Gasteiger partial charge < -0.3 is 9.64 Å². The van der Waals surface area contributed by atoms with Gasteiger partial charge in [0.05, 0.1) is 6.10 Å². The van der Waals surface area contributed by atoms with E-state index in [1.54, 1.807) is 0 Å². The van der Waals surface area contributed by atoms with E-state index in [1.807, 2.05) is 7.11 Å². The minimum absolute atomic E-state index is 0.208. The van der Waals surface area contributed by atoms with Crippen molar-refractivity contribution in [2.45, 2.75) is 50.0 Å². The van der Waals surface area contributed by atoms with E-state index in [2.05, 4.69) is 59.5 Å². The molecule has 0 N–H and O–H groups in total. The molecule has 0 spiro atoms. The van der Waals surface area contributed by atoms with E-state index in [0.717, 1.165) is 11.4 Å². The summed E-state index contributed by atoms with van der Waals surface area (Å²) in [6, 6.07) is 19.3. The Balaban J connectivity index is 1.40. The summed E-state index contributed by atoms with van der Waals surface area (Å²) >= 11 is 6.12. The first-order valence-electron chi connectivity index (χ1n) is 10.7. The molecule has 28 heavy (non-hydrogen) atoms. The average Bonchev–Trinajstić information content (AvgIpc) is 2.71. The predicted molar refractivity (Wildman–Crippen MR) is 117 cm³/mol. The van der Waals surface area contributed by atoms with E-state index in [9.17, 15) is 0 Å². The Kier molecular flexibility index (Phi) is 6.40. The summed E-state index contributed by atoms with van der Waals surface area (Å²) in [6.07, 6.45) is 7.90. The number of benzene rings is 2. The van der Waals surface area contributed by atoms with Gasteiger partial charge in [0.15, 0.2) is 0 Å². The molecule has 2 fully saturated rings. The summed E-state index contributed by atoms with van der Waals surface area (Å²) in [4.78, 5) is 2.72. The molecule has 0 aromatic heterocycles. The minimum Gasteiger partial charge on any atom is -0.377 e. The molecule has 2 nitrogen and oxygen atoms in total. The van der Waals surface area contributed by atoms with Crippen LogP contribution in [-0.2, 0) is 10.2 Å². The Morgan fingerprint density at radius 2 is 1.82 bits per heavy atom. The predicted octanol–water partition coefficient (Wildman–Crippen LogP) is 6.25. The van der Waals surface area contributed by atoms with Gasteiger partial charge in [0.2, 0.25) is 0 Å². The Morgan fingerprint density at radius 3 is 2.46 bits per heavy atom. The minimum atomic E-state index is 0.208. The summed E-state index contributed by atoms with van der Waals surface area (Å²) in [5.74, 6) is 0.709. The third-order valence-corrected chi connectivity index (χ3v) is 7.15. The lowest BCUT2D eigenvalue weighted by Gasteiger charge is -2.47. The van der Waals surface area contributed by atoms with E-state index in [4.69, 9.17) is 16.3 Å². The lowest BCUT2D eigenvalue weighted by Crippen LogP contribution is -2.48. The fraction of sp³-hybridized carbons (Fsp3) is 0.520. The van der Waals surface area contributed by atoms with Gasteiger partial charge in [-0.3, -0.25) is 0 Å². The quantitative estimate of drug-likeness (QED) is 0.547. The first-order valence-corrected chi connectivity index (χ1v) is 11.1. The normalized spacial score (nSPS) is 23.1. The summed E-state index contributed by atoms with van der Waals surface area (Å²) in [7, 11) is 1.85. The van der Waals surface area contributed by atoms with Crippen molar-refractivity contribution >= 4 is 11.6 Å². The largest absolute Gasteiger partial charge is 0.377 e. The highest BCUT2D eigenvalue weighted by molar-refractivity contribution is 6.30. The topological polar surface area (TPSA) is 12.5 Å². The first-order chi connectivity index (χ1) is 13.7. The molecular weight excluding hydrogens is 366 g/mol. The maximum Gasteiger partial charge on any atom is 0.0824 e. The Hall–Kier alpha value is -1.35. The van der Waals surface area contributed by atoms with Crippen molar-refractivity contribution in [2.24, 2.45) is 5.92 Å². The second-order valence-electron chi connectivity index (χ2n) is 8.75. The number of halogens is 1. The van der Waals surface area contributed by atoms with Crippen LogP contribution in [0.25, 0.3) is 0 Å². The Morgan fingerprint density at radius 1 is 1.07 bits per heavy atom. The molecule has 1 saturated heterocycles. The zero-order valence-electron chi connectivity index (χ0n) is 16.9. The molecule has 2 aliphatic rings. The molecule has 0 bridgehead atoms. The van der Waals surface area contributed by atoms with Gasteiger partial charge in [0, 0.05) is 30.6 Å². The molecule has 0 amide bonds. The van der Waals surface area contributed by atoms with E-state index in [1.165, 1.54) is 62.9 Å². The van der Waals surface area contributed by atoms with Crippen LogP contribution in [0, 0.1) is 5.92 Å². The Bertz CT molecular complexity index is 741. The number of ether oxygens (including phenoxy) is 1. The van der Waals surface area contributed by atoms with Gasteiger partial charge in [-0.05, 0) is 67.8 Å². The molecule has 2 aromatic carbocycles. The van der Waals surface area contributed by atoms with E-state index < -0.39 is 0 Å². The van der Waals surface area contributed by atoms with Crippen molar-refractivity contribution in [3.05, 3.63) is 70.7 Å². The summed E-state index contributed by atoms with van der Waals surface area (Å²) in [5.41, 5.74) is 3.12. The van der Waals surface area contributed by atoms with Gasteiger partial charge in [-0.1, -0.05) is 60.5 Å². The van der Waals surface area contributed by atoms with Gasteiger partial charge in [0.25, 0.3) is 0 Å². The summed E-state index contributed by atoms with van der Waals surface area (Å²) in [6.45, 7) is 3.62. The van der Waals surface area contributed by atoms with Crippen LogP contribution in [0.5, 0.6) is 0 Å². The van der Waals surface area contributed by atoms with Crippen LogP contribution in [0.2, 0.25) is 5.02 Å². The average molecular weight is 398 g/mol. The molecular formula is C25H32ClNO. The van der Waals surface area contributed by atoms with Crippen molar-refractivity contribution in [3.8, 4) is 0 Å². The van der Waals surface area contributed by atoms with E-state index >= 15 is 0 Å². The summed E-state index contributed by atoms with van der Waals surface area (Å²) in [5, 5.41) is 0.836. The van der Waals surface area contributed by atoms with Crippen molar-refractivity contribution in [3.63, 3.8) is 0 Å². The number of likely N-dealkylation sites (tertiary alicyclic amines) is 1. The van der Waals surface area contributed by atoms with Gasteiger partial charge in [-0.2, -0.15) is 0 Å². The number of methoxy groups -OCH3 is 1. The maximum atomic E-state index is 6.12. The molecule has 1 saturated carbocycles. The van der Waals surface area contributed by atoms with Crippen LogP contribution in [0.15, 0.2) is 54.6 Å². The third kappa shape index (κ3) is 4.45. The van der Waals surface area contributed by atoms with Gasteiger partial charge in [-0.15, -0.1) is 0 Å². The summed E-state index contributed by atoms with van der Waals surface area (Å²) < 4.78 is 5.86. The number of piperidine rings is 1. The second kappa shape index (κ2) is 8.98. The molecule has 3 heteroatoms. The van der Waals surface area contributed by atoms with Crippen molar-refractivity contribution in [1.82, 2.24) is 4.90 Å². The number of hydrogen-bond acceptors (Lipinski definition) is 2. The van der Waals surface area contributed by atoms with Gasteiger partial charge in [-0.25, -0.2) is 0 Å². The SMILES string of the molecule is COC(C[C@H]1CCCN(CC2(c3ccc(Cl)cc3)CCC2)C1)c1ccccc1. The third-order valence-electron chi connectivity index (χ3n) is 6.90. The van der Waals surface area contributed by atoms with Crippen LogP contribution in [-0.4, -0.2) is 31.6 Å². The second-order valence-corrected chi connectivity index (χ2v) is 9.19. The highest BCUT2D eigenvalue weighted by atomic mass is 35.5. The van der Waals surface area contributed by atoms with Gasteiger partial charge >= 0.3 is 0 Å². The Labute approximate surface area is 174 Å². The molecule has 1 heterocycles. The van der Waals surface area contributed by atoms with Crippen LogP contribution in [0.1, 0.15) is 55.8 Å². The molecule has 1 aliphatic heterocycles. The van der Waals surface area contributed by atoms with Crippen LogP contribution in [0.4, 0.5) is 0 Å². The molecule has 0 radical (unpaired) electrons. The van der Waals surface area contributed by atoms with E-state index in [0.29, 0.717) is 11.3 Å².